The van der Waals surface area contributed by atoms with Crippen molar-refractivity contribution in [1.82, 2.24) is 15.0 Å². The molecule has 0 unspecified atom stereocenters. The van der Waals surface area contributed by atoms with Crippen LogP contribution in [0.1, 0.15) is 34.4 Å². The van der Waals surface area contributed by atoms with Crippen molar-refractivity contribution < 1.29 is 9.90 Å². The molecule has 0 bridgehead atoms. The van der Waals surface area contributed by atoms with Gasteiger partial charge in [0.2, 0.25) is 0 Å². The third-order valence-electron chi connectivity index (χ3n) is 5.86. The van der Waals surface area contributed by atoms with Gasteiger partial charge in [-0.3, -0.25) is 14.2 Å². The van der Waals surface area contributed by atoms with Crippen molar-refractivity contribution in [2.75, 3.05) is 5.75 Å². The second-order valence-electron chi connectivity index (χ2n) is 8.44. The molecule has 7 nitrogen and oxygen atoms in total. The molecule has 5 rings (SSSR count). The van der Waals surface area contributed by atoms with Gasteiger partial charge in [-0.05, 0) is 68.0 Å². The SMILES string of the molecule is Cc1ccc(-n2c(SCC(=O)N/N=C\c3cccc(O)c3)nc3sc4c(c3c2=O)CCCC4)cc1. The second kappa shape index (κ2) is 10.1. The number of rotatable bonds is 6. The van der Waals surface area contributed by atoms with Crippen LogP contribution in [0, 0.1) is 6.92 Å². The number of benzene rings is 2. The molecule has 2 aromatic heterocycles. The van der Waals surface area contributed by atoms with Gasteiger partial charge in [0.15, 0.2) is 5.16 Å². The van der Waals surface area contributed by atoms with Crippen molar-refractivity contribution in [1.29, 1.82) is 0 Å². The molecule has 0 atom stereocenters. The van der Waals surface area contributed by atoms with E-state index in [2.05, 4.69) is 10.5 Å². The number of aromatic hydroxyl groups is 1. The zero-order valence-electron chi connectivity index (χ0n) is 19.2. The molecule has 178 valence electrons. The number of phenols is 1. The molecule has 0 aliphatic heterocycles. The molecular weight excluding hydrogens is 480 g/mol. The van der Waals surface area contributed by atoms with E-state index in [4.69, 9.17) is 4.98 Å². The normalized spacial score (nSPS) is 13.3. The van der Waals surface area contributed by atoms with Gasteiger partial charge < -0.3 is 5.11 Å². The highest BCUT2D eigenvalue weighted by molar-refractivity contribution is 7.99. The Kier molecular flexibility index (Phi) is 6.70. The number of aryl methyl sites for hydroxylation is 3. The largest absolute Gasteiger partial charge is 0.508 e. The number of thioether (sulfide) groups is 1. The number of fused-ring (bicyclic) bond motifs is 3. The fourth-order valence-electron chi connectivity index (χ4n) is 4.15. The number of carbonyl (C=O) groups excluding carboxylic acids is 1. The summed E-state index contributed by atoms with van der Waals surface area (Å²) in [5.41, 5.74) is 6.06. The summed E-state index contributed by atoms with van der Waals surface area (Å²) in [4.78, 5) is 33.1. The van der Waals surface area contributed by atoms with Gasteiger partial charge in [-0.25, -0.2) is 10.4 Å². The summed E-state index contributed by atoms with van der Waals surface area (Å²) in [5, 5.41) is 14.7. The maximum absolute atomic E-state index is 13.7. The van der Waals surface area contributed by atoms with Gasteiger partial charge in [-0.2, -0.15) is 5.10 Å². The molecule has 0 fully saturated rings. The van der Waals surface area contributed by atoms with Crippen molar-refractivity contribution in [2.45, 2.75) is 37.8 Å². The Labute approximate surface area is 210 Å². The van der Waals surface area contributed by atoms with Crippen LogP contribution in [0.3, 0.4) is 0 Å². The van der Waals surface area contributed by atoms with Gasteiger partial charge in [0.25, 0.3) is 11.5 Å². The zero-order chi connectivity index (χ0) is 24.4. The van der Waals surface area contributed by atoms with Gasteiger partial charge in [-0.15, -0.1) is 11.3 Å². The number of nitrogens with one attached hydrogen (secondary N) is 1. The first-order chi connectivity index (χ1) is 17.0. The first-order valence-electron chi connectivity index (χ1n) is 11.4. The summed E-state index contributed by atoms with van der Waals surface area (Å²) in [7, 11) is 0. The van der Waals surface area contributed by atoms with E-state index in [1.165, 1.54) is 22.9 Å². The number of nitrogens with zero attached hydrogens (tertiary/aromatic N) is 3. The molecule has 1 amide bonds. The smallest absolute Gasteiger partial charge is 0.267 e. The minimum atomic E-state index is -0.318. The van der Waals surface area contributed by atoms with Crippen LogP contribution in [-0.2, 0) is 17.6 Å². The van der Waals surface area contributed by atoms with E-state index in [0.717, 1.165) is 52.7 Å². The van der Waals surface area contributed by atoms with Crippen LogP contribution in [0.15, 0.2) is 63.6 Å². The monoisotopic (exact) mass is 504 g/mol. The minimum absolute atomic E-state index is 0.0479. The average Bonchev–Trinajstić information content (AvgIpc) is 3.22. The van der Waals surface area contributed by atoms with Crippen molar-refractivity contribution in [3.63, 3.8) is 0 Å². The van der Waals surface area contributed by atoms with E-state index in [0.29, 0.717) is 10.7 Å². The third kappa shape index (κ3) is 5.01. The van der Waals surface area contributed by atoms with Crippen LogP contribution in [0.25, 0.3) is 15.9 Å². The Morgan fingerprint density at radius 2 is 2.03 bits per heavy atom. The van der Waals surface area contributed by atoms with E-state index in [9.17, 15) is 14.7 Å². The van der Waals surface area contributed by atoms with Gasteiger partial charge >= 0.3 is 0 Å². The maximum atomic E-state index is 13.7. The third-order valence-corrected chi connectivity index (χ3v) is 7.98. The van der Waals surface area contributed by atoms with Gasteiger partial charge in [-0.1, -0.05) is 41.6 Å². The summed E-state index contributed by atoms with van der Waals surface area (Å²) in [6, 6.07) is 14.3. The molecule has 9 heteroatoms. The molecule has 0 saturated carbocycles. The topological polar surface area (TPSA) is 96.6 Å². The molecule has 2 N–H and O–H groups in total. The predicted octanol–water partition coefficient (Wildman–Crippen LogP) is 4.58. The first kappa shape index (κ1) is 23.3. The van der Waals surface area contributed by atoms with Crippen LogP contribution < -0.4 is 11.0 Å². The Hall–Kier alpha value is -3.43. The van der Waals surface area contributed by atoms with Crippen LogP contribution in [0.4, 0.5) is 0 Å². The maximum Gasteiger partial charge on any atom is 0.267 e. The Morgan fingerprint density at radius 1 is 1.23 bits per heavy atom. The number of aromatic nitrogens is 2. The van der Waals surface area contributed by atoms with Gasteiger partial charge in [0, 0.05) is 4.88 Å². The molecule has 4 aromatic rings. The summed E-state index contributed by atoms with van der Waals surface area (Å²) in [5.74, 6) is -0.143. The van der Waals surface area contributed by atoms with Crippen molar-refractivity contribution in [3.8, 4) is 11.4 Å². The zero-order valence-corrected chi connectivity index (χ0v) is 20.8. The lowest BCUT2D eigenvalue weighted by atomic mass is 9.97. The lowest BCUT2D eigenvalue weighted by Crippen LogP contribution is -2.24. The van der Waals surface area contributed by atoms with Crippen molar-refractivity contribution in [3.05, 3.63) is 80.5 Å². The Morgan fingerprint density at radius 3 is 2.83 bits per heavy atom. The summed E-state index contributed by atoms with van der Waals surface area (Å²) in [6.07, 6.45) is 5.58. The molecule has 0 spiro atoms. The van der Waals surface area contributed by atoms with Crippen LogP contribution in [-0.4, -0.2) is 32.5 Å². The number of carbonyl (C=O) groups is 1. The van der Waals surface area contributed by atoms with Crippen LogP contribution in [0.5, 0.6) is 5.75 Å². The fraction of sp³-hybridized carbons (Fsp3) is 0.231. The molecule has 1 aliphatic rings. The summed E-state index contributed by atoms with van der Waals surface area (Å²) >= 11 is 2.81. The highest BCUT2D eigenvalue weighted by Gasteiger charge is 2.23. The lowest BCUT2D eigenvalue weighted by molar-refractivity contribution is -0.118. The number of hydrazone groups is 1. The highest BCUT2D eigenvalue weighted by Crippen LogP contribution is 2.35. The van der Waals surface area contributed by atoms with Gasteiger partial charge in [0.05, 0.1) is 23.0 Å². The van der Waals surface area contributed by atoms with Crippen molar-refractivity contribution in [2.24, 2.45) is 5.10 Å². The highest BCUT2D eigenvalue weighted by atomic mass is 32.2. The second-order valence-corrected chi connectivity index (χ2v) is 10.5. The van der Waals surface area contributed by atoms with E-state index in [1.807, 2.05) is 31.2 Å². The number of thiophene rings is 1. The van der Waals surface area contributed by atoms with E-state index in [-0.39, 0.29) is 23.0 Å². The van der Waals surface area contributed by atoms with E-state index in [1.54, 1.807) is 40.2 Å². The summed E-state index contributed by atoms with van der Waals surface area (Å²) in [6.45, 7) is 2.00. The average molecular weight is 505 g/mol. The number of hydrogen-bond acceptors (Lipinski definition) is 7. The molecule has 2 aromatic carbocycles. The fourth-order valence-corrected chi connectivity index (χ4v) is 6.26. The van der Waals surface area contributed by atoms with Gasteiger partial charge in [0.1, 0.15) is 10.6 Å². The quantitative estimate of drug-likeness (QED) is 0.173. The molecular formula is C26H24N4O3S2. The molecule has 1 aliphatic carbocycles. The van der Waals surface area contributed by atoms with E-state index < -0.39 is 0 Å². The van der Waals surface area contributed by atoms with Crippen LogP contribution >= 0.6 is 23.1 Å². The number of hydrogen-bond donors (Lipinski definition) is 2. The number of amides is 1. The first-order valence-corrected chi connectivity index (χ1v) is 13.2. The Balaban J connectivity index is 1.43. The predicted molar refractivity (Wildman–Crippen MR) is 141 cm³/mol. The van der Waals surface area contributed by atoms with Crippen LogP contribution in [0.2, 0.25) is 0 Å². The Bertz CT molecular complexity index is 1490. The number of phenolic OH excluding ortho intramolecular Hbond substituents is 1. The molecule has 2 heterocycles. The van der Waals surface area contributed by atoms with E-state index >= 15 is 0 Å². The minimum Gasteiger partial charge on any atom is -0.508 e. The van der Waals surface area contributed by atoms with Crippen molar-refractivity contribution >= 4 is 45.4 Å². The molecule has 35 heavy (non-hydrogen) atoms. The molecule has 0 saturated heterocycles. The lowest BCUT2D eigenvalue weighted by Gasteiger charge is -2.13. The molecule has 0 radical (unpaired) electrons. The standard InChI is InChI=1S/C26H24N4O3S2/c1-16-9-11-18(12-10-16)30-25(33)23-20-7-2-3-8-21(20)35-24(23)28-26(30)34-15-22(32)29-27-14-17-5-4-6-19(31)13-17/h4-6,9-14,31H,2-3,7-8,15H2,1H3,(H,29,32)/b27-14-. The summed E-state index contributed by atoms with van der Waals surface area (Å²) < 4.78 is 1.62.